The van der Waals surface area contributed by atoms with Gasteiger partial charge in [-0.05, 0) is 18.6 Å². The number of halogens is 1. The van der Waals surface area contributed by atoms with E-state index in [2.05, 4.69) is 5.92 Å². The molecule has 0 fully saturated rings. The summed E-state index contributed by atoms with van der Waals surface area (Å²) in [4.78, 5) is 25.7. The number of hydrogen-bond donors (Lipinski definition) is 0. The number of benzene rings is 1. The molecule has 2 amide bonds. The number of carbonyl (C=O) groups excluding carboxylic acids is 2. The molecule has 0 saturated carbocycles. The van der Waals surface area contributed by atoms with E-state index in [9.17, 15) is 9.59 Å². The van der Waals surface area contributed by atoms with E-state index in [4.69, 9.17) is 18.0 Å². The smallest absolute Gasteiger partial charge is 0.263 e. The van der Waals surface area contributed by atoms with Gasteiger partial charge in [0.15, 0.2) is 0 Å². The minimum Gasteiger partial charge on any atom is -0.270 e. The zero-order valence-electron chi connectivity index (χ0n) is 9.94. The Balaban J connectivity index is 2.46. The van der Waals surface area contributed by atoms with Crippen molar-refractivity contribution in [1.29, 1.82) is 0 Å². The number of nitrogens with zero attached hydrogens (tertiary/aromatic N) is 1. The normalized spacial score (nSPS) is 15.5. The largest absolute Gasteiger partial charge is 0.270 e. The maximum Gasteiger partial charge on any atom is 0.263 e. The fourth-order valence-corrected chi connectivity index (χ4v) is 2.40. The van der Waals surface area contributed by atoms with Crippen LogP contribution in [-0.4, -0.2) is 22.8 Å². The molecule has 0 bridgehead atoms. The molecule has 18 heavy (non-hydrogen) atoms. The molecule has 0 N–H and O–H groups in total. The van der Waals surface area contributed by atoms with E-state index in [0.717, 1.165) is 0 Å². The molecule has 1 atom stereocenters. The summed E-state index contributed by atoms with van der Waals surface area (Å²) in [6.45, 7) is 1.90. The van der Waals surface area contributed by atoms with Crippen LogP contribution in [0.4, 0.5) is 0 Å². The van der Waals surface area contributed by atoms with Crippen molar-refractivity contribution in [2.75, 3.05) is 0 Å². The lowest BCUT2D eigenvalue weighted by molar-refractivity contribution is 0.0583. The molecular formula is C14H12ClNO2. The monoisotopic (exact) mass is 261 g/mol. The Labute approximate surface area is 111 Å². The Morgan fingerprint density at radius 3 is 2.67 bits per heavy atom. The lowest BCUT2D eigenvalue weighted by atomic mass is 10.1. The van der Waals surface area contributed by atoms with E-state index in [1.54, 1.807) is 18.2 Å². The zero-order chi connectivity index (χ0) is 13.3. The number of hydrogen-bond acceptors (Lipinski definition) is 2. The molecular weight excluding hydrogens is 250 g/mol. The molecule has 1 aliphatic rings. The fourth-order valence-electron chi connectivity index (χ4n) is 2.15. The van der Waals surface area contributed by atoms with Crippen molar-refractivity contribution >= 4 is 23.4 Å². The van der Waals surface area contributed by atoms with Crippen LogP contribution in [0.15, 0.2) is 18.2 Å². The second-order valence-electron chi connectivity index (χ2n) is 4.11. The van der Waals surface area contributed by atoms with Crippen LogP contribution >= 0.6 is 11.6 Å². The summed E-state index contributed by atoms with van der Waals surface area (Å²) in [7, 11) is 0. The molecule has 1 aliphatic heterocycles. The quantitative estimate of drug-likeness (QED) is 0.620. The highest BCUT2D eigenvalue weighted by Crippen LogP contribution is 2.31. The van der Waals surface area contributed by atoms with Crippen molar-refractivity contribution in [3.63, 3.8) is 0 Å². The molecule has 0 saturated heterocycles. The van der Waals surface area contributed by atoms with Gasteiger partial charge in [0.05, 0.1) is 22.2 Å². The molecule has 92 valence electrons. The van der Waals surface area contributed by atoms with Crippen LogP contribution in [0.1, 0.15) is 40.5 Å². The first-order valence-electron chi connectivity index (χ1n) is 5.71. The fraction of sp³-hybridized carbons (Fsp3) is 0.286. The van der Waals surface area contributed by atoms with Crippen LogP contribution < -0.4 is 0 Å². The SMILES string of the molecule is C#CCC(CC)N1C(=O)c2cccc(Cl)c2C1=O. The van der Waals surface area contributed by atoms with Crippen LogP contribution in [0.3, 0.4) is 0 Å². The van der Waals surface area contributed by atoms with Crippen molar-refractivity contribution in [3.05, 3.63) is 34.3 Å². The van der Waals surface area contributed by atoms with Crippen LogP contribution in [0, 0.1) is 12.3 Å². The van der Waals surface area contributed by atoms with Gasteiger partial charge in [0, 0.05) is 6.42 Å². The average Bonchev–Trinajstić information content (AvgIpc) is 2.61. The number of fused-ring (bicyclic) bond motifs is 1. The van der Waals surface area contributed by atoms with Gasteiger partial charge in [-0.25, -0.2) is 0 Å². The molecule has 0 aromatic heterocycles. The Bertz CT molecular complexity index is 559. The molecule has 4 heteroatoms. The first-order chi connectivity index (χ1) is 8.61. The number of carbonyl (C=O) groups is 2. The standard InChI is InChI=1S/C14H12ClNO2/c1-3-6-9(4-2)16-13(17)10-7-5-8-11(15)12(10)14(16)18/h1,5,7-9H,4,6H2,2H3. The molecule has 0 aliphatic carbocycles. The van der Waals surface area contributed by atoms with E-state index in [1.807, 2.05) is 6.92 Å². The second-order valence-corrected chi connectivity index (χ2v) is 4.52. The summed E-state index contributed by atoms with van der Waals surface area (Å²) in [6.07, 6.45) is 6.27. The first kappa shape index (κ1) is 12.7. The van der Waals surface area contributed by atoms with Crippen molar-refractivity contribution in [1.82, 2.24) is 4.90 Å². The van der Waals surface area contributed by atoms with E-state index in [0.29, 0.717) is 29.0 Å². The third-order valence-electron chi connectivity index (χ3n) is 3.09. The van der Waals surface area contributed by atoms with Crippen molar-refractivity contribution in [3.8, 4) is 12.3 Å². The third-order valence-corrected chi connectivity index (χ3v) is 3.40. The summed E-state index contributed by atoms with van der Waals surface area (Å²) in [6, 6.07) is 4.62. The average molecular weight is 262 g/mol. The summed E-state index contributed by atoms with van der Waals surface area (Å²) in [5.41, 5.74) is 0.655. The Morgan fingerprint density at radius 1 is 1.39 bits per heavy atom. The van der Waals surface area contributed by atoms with E-state index >= 15 is 0 Å². The van der Waals surface area contributed by atoms with Gasteiger partial charge in [-0.15, -0.1) is 12.3 Å². The zero-order valence-corrected chi connectivity index (χ0v) is 10.7. The minimum atomic E-state index is -0.345. The lowest BCUT2D eigenvalue weighted by Crippen LogP contribution is -2.39. The Kier molecular flexibility index (Phi) is 3.40. The molecule has 1 unspecified atom stereocenters. The summed E-state index contributed by atoms with van der Waals surface area (Å²) >= 11 is 5.98. The molecule has 1 heterocycles. The highest BCUT2D eigenvalue weighted by Gasteiger charge is 2.40. The molecule has 3 nitrogen and oxygen atoms in total. The topological polar surface area (TPSA) is 37.4 Å². The van der Waals surface area contributed by atoms with Crippen molar-refractivity contribution < 1.29 is 9.59 Å². The van der Waals surface area contributed by atoms with Crippen LogP contribution in [0.5, 0.6) is 0 Å². The molecule has 0 spiro atoms. The van der Waals surface area contributed by atoms with Crippen LogP contribution in [0.2, 0.25) is 5.02 Å². The van der Waals surface area contributed by atoms with Gasteiger partial charge in [-0.1, -0.05) is 24.6 Å². The highest BCUT2D eigenvalue weighted by atomic mass is 35.5. The number of rotatable bonds is 3. The maximum absolute atomic E-state index is 12.3. The maximum atomic E-state index is 12.3. The highest BCUT2D eigenvalue weighted by molar-refractivity contribution is 6.37. The van der Waals surface area contributed by atoms with Crippen LogP contribution in [0.25, 0.3) is 0 Å². The Hall–Kier alpha value is -1.79. The van der Waals surface area contributed by atoms with E-state index in [-0.39, 0.29) is 17.9 Å². The number of imide groups is 1. The number of terminal acetylenes is 1. The number of amides is 2. The summed E-state index contributed by atoms with van der Waals surface area (Å²) < 4.78 is 0. The van der Waals surface area contributed by atoms with Gasteiger partial charge in [0.1, 0.15) is 0 Å². The first-order valence-corrected chi connectivity index (χ1v) is 6.09. The summed E-state index contributed by atoms with van der Waals surface area (Å²) in [5, 5.41) is 0.309. The molecule has 0 radical (unpaired) electrons. The molecule has 1 aromatic rings. The molecule has 2 rings (SSSR count). The van der Waals surface area contributed by atoms with Gasteiger partial charge in [-0.3, -0.25) is 14.5 Å². The van der Waals surface area contributed by atoms with Crippen molar-refractivity contribution in [2.45, 2.75) is 25.8 Å². The van der Waals surface area contributed by atoms with Crippen LogP contribution in [-0.2, 0) is 0 Å². The Morgan fingerprint density at radius 2 is 2.11 bits per heavy atom. The summed E-state index contributed by atoms with van der Waals surface area (Å²) in [5.74, 6) is 1.85. The van der Waals surface area contributed by atoms with Gasteiger partial charge in [0.25, 0.3) is 11.8 Å². The van der Waals surface area contributed by atoms with E-state index in [1.165, 1.54) is 4.90 Å². The third kappa shape index (κ3) is 1.79. The predicted molar refractivity (Wildman–Crippen MR) is 69.5 cm³/mol. The lowest BCUT2D eigenvalue weighted by Gasteiger charge is -2.23. The van der Waals surface area contributed by atoms with Crippen molar-refractivity contribution in [2.24, 2.45) is 0 Å². The second kappa shape index (κ2) is 4.83. The van der Waals surface area contributed by atoms with E-state index < -0.39 is 0 Å². The minimum absolute atomic E-state index is 0.265. The van der Waals surface area contributed by atoms with Gasteiger partial charge in [-0.2, -0.15) is 0 Å². The molecule has 1 aromatic carbocycles. The van der Waals surface area contributed by atoms with Gasteiger partial charge < -0.3 is 0 Å². The predicted octanol–water partition coefficient (Wildman–Crippen LogP) is 2.74. The van der Waals surface area contributed by atoms with Gasteiger partial charge in [0.2, 0.25) is 0 Å². The van der Waals surface area contributed by atoms with Gasteiger partial charge >= 0.3 is 0 Å².